The van der Waals surface area contributed by atoms with E-state index in [9.17, 15) is 4.79 Å². The molecule has 2 N–H and O–H groups in total. The summed E-state index contributed by atoms with van der Waals surface area (Å²) in [6.07, 6.45) is 5.31. The van der Waals surface area contributed by atoms with E-state index < -0.39 is 0 Å². The van der Waals surface area contributed by atoms with Crippen LogP contribution in [0.15, 0.2) is 12.4 Å². The normalized spacial score (nSPS) is 15.8. The lowest BCUT2D eigenvalue weighted by Crippen LogP contribution is -2.44. The lowest BCUT2D eigenvalue weighted by molar-refractivity contribution is -0.122. The fraction of sp³-hybridized carbons (Fsp3) is 0.636. The van der Waals surface area contributed by atoms with Gasteiger partial charge in [0.05, 0.1) is 6.20 Å². The quantitative estimate of drug-likeness (QED) is 0.718. The van der Waals surface area contributed by atoms with Crippen LogP contribution in [-0.4, -0.2) is 35.3 Å². The van der Waals surface area contributed by atoms with E-state index >= 15 is 0 Å². The van der Waals surface area contributed by atoms with Crippen LogP contribution in [0, 0.1) is 5.92 Å². The van der Waals surface area contributed by atoms with Gasteiger partial charge in [-0.1, -0.05) is 0 Å². The van der Waals surface area contributed by atoms with Gasteiger partial charge >= 0.3 is 0 Å². The molecule has 1 amide bonds. The third kappa shape index (κ3) is 3.06. The highest BCUT2D eigenvalue weighted by molar-refractivity contribution is 5.76. The van der Waals surface area contributed by atoms with Gasteiger partial charge in [0.25, 0.3) is 0 Å². The van der Waals surface area contributed by atoms with Crippen molar-refractivity contribution in [2.24, 2.45) is 13.0 Å². The molecule has 0 radical (unpaired) electrons. The highest BCUT2D eigenvalue weighted by Gasteiger charge is 2.19. The van der Waals surface area contributed by atoms with E-state index in [4.69, 9.17) is 0 Å². The van der Waals surface area contributed by atoms with Crippen LogP contribution in [-0.2, 0) is 18.3 Å². The van der Waals surface area contributed by atoms with Crippen LogP contribution >= 0.6 is 0 Å². The second kappa shape index (κ2) is 5.12. The number of rotatable bonds is 5. The smallest absolute Gasteiger partial charge is 0.220 e. The van der Waals surface area contributed by atoms with Crippen molar-refractivity contribution in [3.63, 3.8) is 0 Å². The number of hydrogen-bond acceptors (Lipinski definition) is 3. The van der Waals surface area contributed by atoms with Gasteiger partial charge in [-0.25, -0.2) is 0 Å². The summed E-state index contributed by atoms with van der Waals surface area (Å²) < 4.78 is 1.77. The molecular formula is C11H18N4O. The molecule has 1 fully saturated rings. The Bertz CT molecular complexity index is 357. The van der Waals surface area contributed by atoms with Crippen LogP contribution in [0.25, 0.3) is 0 Å². The Morgan fingerprint density at radius 2 is 2.50 bits per heavy atom. The summed E-state index contributed by atoms with van der Waals surface area (Å²) in [5.74, 6) is 0.703. The SMILES string of the molecule is Cn1cc(CCNC(=O)CC2CNC2)cn1. The first-order chi connectivity index (χ1) is 7.74. The topological polar surface area (TPSA) is 59.0 Å². The predicted octanol–water partition coefficient (Wildman–Crippen LogP) is -0.312. The van der Waals surface area contributed by atoms with Crippen LogP contribution in [0.3, 0.4) is 0 Å². The number of carbonyl (C=O) groups is 1. The summed E-state index contributed by atoms with van der Waals surface area (Å²) in [6, 6.07) is 0. The summed E-state index contributed by atoms with van der Waals surface area (Å²) >= 11 is 0. The van der Waals surface area contributed by atoms with Gasteiger partial charge in [-0.15, -0.1) is 0 Å². The fourth-order valence-electron chi connectivity index (χ4n) is 1.77. The molecule has 0 spiro atoms. The maximum Gasteiger partial charge on any atom is 0.220 e. The zero-order chi connectivity index (χ0) is 11.4. The van der Waals surface area contributed by atoms with Gasteiger partial charge < -0.3 is 10.6 Å². The minimum Gasteiger partial charge on any atom is -0.356 e. The molecule has 2 rings (SSSR count). The number of nitrogens with one attached hydrogen (secondary N) is 2. The van der Waals surface area contributed by atoms with E-state index in [1.807, 2.05) is 19.4 Å². The highest BCUT2D eigenvalue weighted by Crippen LogP contribution is 2.07. The van der Waals surface area contributed by atoms with Gasteiger partial charge in [-0.3, -0.25) is 9.48 Å². The second-order valence-electron chi connectivity index (χ2n) is 4.35. The Hall–Kier alpha value is -1.36. The first kappa shape index (κ1) is 11.1. The van der Waals surface area contributed by atoms with Crippen molar-refractivity contribution in [2.75, 3.05) is 19.6 Å². The Morgan fingerprint density at radius 1 is 1.69 bits per heavy atom. The largest absolute Gasteiger partial charge is 0.356 e. The molecule has 1 aromatic heterocycles. The number of carbonyl (C=O) groups excluding carboxylic acids is 1. The van der Waals surface area contributed by atoms with Crippen molar-refractivity contribution < 1.29 is 4.79 Å². The molecule has 0 aromatic carbocycles. The minimum atomic E-state index is 0.162. The summed E-state index contributed by atoms with van der Waals surface area (Å²) in [5, 5.41) is 10.2. The Kier molecular flexibility index (Phi) is 3.56. The lowest BCUT2D eigenvalue weighted by Gasteiger charge is -2.26. The number of amides is 1. The standard InChI is InChI=1S/C11H18N4O/c1-15-8-9(7-14-15)2-3-13-11(16)4-10-5-12-6-10/h7-8,10,12H,2-6H2,1H3,(H,13,16). The molecule has 1 aliphatic heterocycles. The van der Waals surface area contributed by atoms with Crippen LogP contribution < -0.4 is 10.6 Å². The summed E-state index contributed by atoms with van der Waals surface area (Å²) in [7, 11) is 1.89. The average molecular weight is 222 g/mol. The molecule has 0 saturated carbocycles. The maximum absolute atomic E-state index is 11.5. The lowest BCUT2D eigenvalue weighted by atomic mass is 9.99. The fourth-order valence-corrected chi connectivity index (χ4v) is 1.77. The molecule has 0 atom stereocenters. The molecule has 1 saturated heterocycles. The Balaban J connectivity index is 1.61. The number of aromatic nitrogens is 2. The zero-order valence-corrected chi connectivity index (χ0v) is 9.57. The molecule has 0 bridgehead atoms. The van der Waals surface area contributed by atoms with Crippen LogP contribution in [0.1, 0.15) is 12.0 Å². The van der Waals surface area contributed by atoms with Crippen LogP contribution in [0.5, 0.6) is 0 Å². The molecule has 1 aromatic rings. The Morgan fingerprint density at radius 3 is 3.06 bits per heavy atom. The maximum atomic E-state index is 11.5. The van der Waals surface area contributed by atoms with Gasteiger partial charge in [-0.05, 0) is 31.0 Å². The van der Waals surface area contributed by atoms with Gasteiger partial charge in [0.1, 0.15) is 0 Å². The summed E-state index contributed by atoms with van der Waals surface area (Å²) in [5.41, 5.74) is 1.16. The number of aryl methyl sites for hydroxylation is 1. The predicted molar refractivity (Wildman–Crippen MR) is 60.9 cm³/mol. The third-order valence-corrected chi connectivity index (χ3v) is 2.83. The molecule has 1 aliphatic rings. The average Bonchev–Trinajstić information content (AvgIpc) is 2.58. The minimum absolute atomic E-state index is 0.162. The van der Waals surface area contributed by atoms with Crippen LogP contribution in [0.4, 0.5) is 0 Å². The molecule has 88 valence electrons. The molecule has 0 unspecified atom stereocenters. The van der Waals surface area contributed by atoms with E-state index in [2.05, 4.69) is 15.7 Å². The molecular weight excluding hydrogens is 204 g/mol. The first-order valence-electron chi connectivity index (χ1n) is 5.69. The third-order valence-electron chi connectivity index (χ3n) is 2.83. The van der Waals surface area contributed by atoms with E-state index in [1.165, 1.54) is 0 Å². The number of nitrogens with zero attached hydrogens (tertiary/aromatic N) is 2. The summed E-state index contributed by atoms with van der Waals surface area (Å²) in [6.45, 7) is 2.66. The van der Waals surface area contributed by atoms with Crippen molar-refractivity contribution in [1.29, 1.82) is 0 Å². The zero-order valence-electron chi connectivity index (χ0n) is 9.57. The summed E-state index contributed by atoms with van der Waals surface area (Å²) in [4.78, 5) is 11.5. The van der Waals surface area contributed by atoms with E-state index in [0.717, 1.165) is 25.1 Å². The number of hydrogen-bond donors (Lipinski definition) is 2. The monoisotopic (exact) mass is 222 g/mol. The van der Waals surface area contributed by atoms with Gasteiger partial charge in [0, 0.05) is 26.2 Å². The van der Waals surface area contributed by atoms with Crippen molar-refractivity contribution in [3.05, 3.63) is 18.0 Å². The van der Waals surface area contributed by atoms with Crippen LogP contribution in [0.2, 0.25) is 0 Å². The highest BCUT2D eigenvalue weighted by atomic mass is 16.1. The van der Waals surface area contributed by atoms with Crippen molar-refractivity contribution in [2.45, 2.75) is 12.8 Å². The molecule has 2 heterocycles. The van der Waals surface area contributed by atoms with Gasteiger partial charge in [-0.2, -0.15) is 5.10 Å². The van der Waals surface area contributed by atoms with Crippen molar-refractivity contribution in [1.82, 2.24) is 20.4 Å². The van der Waals surface area contributed by atoms with Crippen molar-refractivity contribution >= 4 is 5.91 Å². The Labute approximate surface area is 95.2 Å². The molecule has 16 heavy (non-hydrogen) atoms. The second-order valence-corrected chi connectivity index (χ2v) is 4.35. The molecule has 5 nitrogen and oxygen atoms in total. The first-order valence-corrected chi connectivity index (χ1v) is 5.69. The van der Waals surface area contributed by atoms with Gasteiger partial charge in [0.15, 0.2) is 0 Å². The van der Waals surface area contributed by atoms with E-state index in [-0.39, 0.29) is 5.91 Å². The van der Waals surface area contributed by atoms with Gasteiger partial charge in [0.2, 0.25) is 5.91 Å². The molecule has 5 heteroatoms. The van der Waals surface area contributed by atoms with Crippen molar-refractivity contribution in [3.8, 4) is 0 Å². The van der Waals surface area contributed by atoms with E-state index in [1.54, 1.807) is 4.68 Å². The molecule has 0 aliphatic carbocycles. The van der Waals surface area contributed by atoms with E-state index in [0.29, 0.717) is 18.9 Å².